The summed E-state index contributed by atoms with van der Waals surface area (Å²) in [7, 11) is 0. The second kappa shape index (κ2) is 10.2. The van der Waals surface area contributed by atoms with Crippen molar-refractivity contribution in [3.05, 3.63) is 64.7 Å². The van der Waals surface area contributed by atoms with E-state index in [1.165, 1.54) is 17.3 Å². The average Bonchev–Trinajstić information content (AvgIpc) is 2.63. The zero-order valence-corrected chi connectivity index (χ0v) is 17.2. The van der Waals surface area contributed by atoms with Crippen molar-refractivity contribution in [1.29, 1.82) is 0 Å². The Morgan fingerprint density at radius 1 is 1.07 bits per heavy atom. The van der Waals surface area contributed by atoms with E-state index in [9.17, 15) is 9.59 Å². The highest BCUT2D eigenvalue weighted by atomic mass is 32.2. The van der Waals surface area contributed by atoms with Crippen LogP contribution in [0.25, 0.3) is 0 Å². The largest absolute Gasteiger partial charge is 0.455 e. The van der Waals surface area contributed by atoms with Crippen LogP contribution in [0.5, 0.6) is 0 Å². The molecule has 5 heteroatoms. The molecule has 2 rings (SSSR count). The second-order valence-electron chi connectivity index (χ2n) is 6.88. The molecule has 0 radical (unpaired) electrons. The predicted molar refractivity (Wildman–Crippen MR) is 112 cm³/mol. The molecule has 0 aliphatic carbocycles. The zero-order valence-electron chi connectivity index (χ0n) is 16.4. The fourth-order valence-electron chi connectivity index (χ4n) is 2.64. The number of carbonyl (C=O) groups is 2. The Balaban J connectivity index is 1.77. The van der Waals surface area contributed by atoms with Gasteiger partial charge in [-0.3, -0.25) is 9.59 Å². The summed E-state index contributed by atoms with van der Waals surface area (Å²) in [4.78, 5) is 24.0. The van der Waals surface area contributed by atoms with Crippen LogP contribution >= 0.6 is 11.8 Å². The summed E-state index contributed by atoms with van der Waals surface area (Å²) in [5, 5.41) is 2.88. The first-order valence-corrected chi connectivity index (χ1v) is 10.2. The molecule has 4 nitrogen and oxygen atoms in total. The van der Waals surface area contributed by atoms with Gasteiger partial charge in [-0.1, -0.05) is 61.9 Å². The fraction of sp³-hybridized carbons (Fsp3) is 0.364. The third kappa shape index (κ3) is 6.75. The number of rotatable bonds is 8. The molecule has 1 N–H and O–H groups in total. The first-order chi connectivity index (χ1) is 12.9. The molecule has 0 atom stereocenters. The van der Waals surface area contributed by atoms with Crippen LogP contribution in [-0.2, 0) is 20.1 Å². The van der Waals surface area contributed by atoms with Crippen molar-refractivity contribution in [2.45, 2.75) is 39.4 Å². The highest BCUT2D eigenvalue weighted by Gasteiger charge is 2.13. The number of ether oxygens (including phenoxy) is 1. The fourth-order valence-corrected chi connectivity index (χ4v) is 3.42. The smallest absolute Gasteiger partial charge is 0.316 e. The van der Waals surface area contributed by atoms with Crippen molar-refractivity contribution in [2.24, 2.45) is 0 Å². The van der Waals surface area contributed by atoms with E-state index in [1.807, 2.05) is 32.0 Å². The quantitative estimate of drug-likeness (QED) is 0.661. The summed E-state index contributed by atoms with van der Waals surface area (Å²) in [6.45, 7) is 7.89. The molecule has 0 spiro atoms. The standard InChI is InChI=1S/C22H27NO3S/c1-15(2)19-7-5-6-17(4)22(19)23-20(24)12-26-21(25)14-27-13-18-10-8-16(3)9-11-18/h5-11,15H,12-14H2,1-4H3,(H,23,24). The maximum Gasteiger partial charge on any atom is 0.316 e. The normalized spacial score (nSPS) is 10.7. The Morgan fingerprint density at radius 3 is 2.44 bits per heavy atom. The van der Waals surface area contributed by atoms with Crippen molar-refractivity contribution in [3.8, 4) is 0 Å². The predicted octanol–water partition coefficient (Wildman–Crippen LogP) is 4.84. The molecule has 1 amide bonds. The molecule has 2 aromatic carbocycles. The molecule has 2 aromatic rings. The van der Waals surface area contributed by atoms with Gasteiger partial charge in [-0.25, -0.2) is 0 Å². The molecule has 0 fully saturated rings. The van der Waals surface area contributed by atoms with Crippen LogP contribution in [0.3, 0.4) is 0 Å². The van der Waals surface area contributed by atoms with Gasteiger partial charge in [0, 0.05) is 11.4 Å². The topological polar surface area (TPSA) is 55.4 Å². The highest BCUT2D eigenvalue weighted by molar-refractivity contribution is 7.99. The van der Waals surface area contributed by atoms with E-state index in [0.29, 0.717) is 5.92 Å². The minimum atomic E-state index is -0.379. The van der Waals surface area contributed by atoms with Gasteiger partial charge < -0.3 is 10.1 Å². The van der Waals surface area contributed by atoms with Crippen LogP contribution in [0, 0.1) is 13.8 Å². The first kappa shape index (κ1) is 21.0. The Morgan fingerprint density at radius 2 is 1.78 bits per heavy atom. The minimum Gasteiger partial charge on any atom is -0.455 e. The van der Waals surface area contributed by atoms with E-state index >= 15 is 0 Å². The average molecular weight is 386 g/mol. The van der Waals surface area contributed by atoms with Crippen molar-refractivity contribution < 1.29 is 14.3 Å². The Hall–Kier alpha value is -2.27. The van der Waals surface area contributed by atoms with E-state index in [2.05, 4.69) is 43.4 Å². The first-order valence-electron chi connectivity index (χ1n) is 9.05. The Kier molecular flexibility index (Phi) is 7.92. The van der Waals surface area contributed by atoms with Crippen LogP contribution < -0.4 is 5.32 Å². The van der Waals surface area contributed by atoms with E-state index in [0.717, 1.165) is 28.1 Å². The number of hydrogen-bond donors (Lipinski definition) is 1. The number of thioether (sulfide) groups is 1. The lowest BCUT2D eigenvalue weighted by Crippen LogP contribution is -2.22. The summed E-state index contributed by atoms with van der Waals surface area (Å²) in [5.74, 6) is 0.561. The van der Waals surface area contributed by atoms with Gasteiger partial charge in [0.2, 0.25) is 0 Å². The maximum atomic E-state index is 12.2. The van der Waals surface area contributed by atoms with Gasteiger partial charge in [-0.05, 0) is 36.5 Å². The second-order valence-corrected chi connectivity index (χ2v) is 7.87. The van der Waals surface area contributed by atoms with Crippen LogP contribution in [0.15, 0.2) is 42.5 Å². The van der Waals surface area contributed by atoms with Gasteiger partial charge in [0.1, 0.15) is 0 Å². The number of amides is 1. The van der Waals surface area contributed by atoms with E-state index in [-0.39, 0.29) is 24.2 Å². The minimum absolute atomic E-state index is 0.225. The van der Waals surface area contributed by atoms with Crippen molar-refractivity contribution >= 4 is 29.3 Å². The number of esters is 1. The van der Waals surface area contributed by atoms with E-state index in [1.54, 1.807) is 0 Å². The molecule has 0 saturated heterocycles. The Labute approximate surface area is 165 Å². The maximum absolute atomic E-state index is 12.2. The number of aryl methyl sites for hydroxylation is 2. The molecule has 144 valence electrons. The van der Waals surface area contributed by atoms with Gasteiger partial charge >= 0.3 is 5.97 Å². The van der Waals surface area contributed by atoms with Gasteiger partial charge in [-0.2, -0.15) is 0 Å². The summed E-state index contributed by atoms with van der Waals surface area (Å²) < 4.78 is 5.10. The lowest BCUT2D eigenvalue weighted by atomic mass is 9.98. The molecule has 0 unspecified atom stereocenters. The number of nitrogens with one attached hydrogen (secondary N) is 1. The summed E-state index contributed by atoms with van der Waals surface area (Å²) in [6, 6.07) is 14.1. The van der Waals surface area contributed by atoms with Crippen LogP contribution in [0.2, 0.25) is 0 Å². The molecule has 0 aliphatic rings. The number of anilines is 1. The van der Waals surface area contributed by atoms with Gasteiger partial charge in [0.25, 0.3) is 5.91 Å². The third-order valence-corrected chi connectivity index (χ3v) is 5.14. The summed E-state index contributed by atoms with van der Waals surface area (Å²) in [5.41, 5.74) is 5.25. The monoisotopic (exact) mass is 385 g/mol. The van der Waals surface area contributed by atoms with Gasteiger partial charge in [-0.15, -0.1) is 11.8 Å². The van der Waals surface area contributed by atoms with Crippen molar-refractivity contribution in [3.63, 3.8) is 0 Å². The highest BCUT2D eigenvalue weighted by Crippen LogP contribution is 2.27. The molecule has 27 heavy (non-hydrogen) atoms. The summed E-state index contributed by atoms with van der Waals surface area (Å²) >= 11 is 1.48. The number of carbonyl (C=O) groups excluding carboxylic acids is 2. The molecular weight excluding hydrogens is 358 g/mol. The van der Waals surface area contributed by atoms with Crippen LogP contribution in [0.1, 0.15) is 42.0 Å². The third-order valence-electron chi connectivity index (χ3n) is 4.16. The molecule has 0 saturated carbocycles. The van der Waals surface area contributed by atoms with E-state index < -0.39 is 0 Å². The number of para-hydroxylation sites is 1. The summed E-state index contributed by atoms with van der Waals surface area (Å²) in [6.07, 6.45) is 0. The lowest BCUT2D eigenvalue weighted by Gasteiger charge is -2.16. The molecule has 0 heterocycles. The van der Waals surface area contributed by atoms with E-state index in [4.69, 9.17) is 4.74 Å². The van der Waals surface area contributed by atoms with Crippen molar-refractivity contribution in [1.82, 2.24) is 0 Å². The van der Waals surface area contributed by atoms with Gasteiger partial charge in [0.15, 0.2) is 6.61 Å². The Bertz CT molecular complexity index is 785. The van der Waals surface area contributed by atoms with Gasteiger partial charge in [0.05, 0.1) is 5.75 Å². The lowest BCUT2D eigenvalue weighted by molar-refractivity contribution is -0.144. The van der Waals surface area contributed by atoms with Crippen LogP contribution in [0.4, 0.5) is 5.69 Å². The molecule has 0 aromatic heterocycles. The van der Waals surface area contributed by atoms with Crippen LogP contribution in [-0.4, -0.2) is 24.2 Å². The number of hydrogen-bond acceptors (Lipinski definition) is 4. The molecule has 0 bridgehead atoms. The SMILES string of the molecule is Cc1ccc(CSCC(=O)OCC(=O)Nc2c(C)cccc2C(C)C)cc1. The molecule has 0 aliphatic heterocycles. The zero-order chi connectivity index (χ0) is 19.8. The van der Waals surface area contributed by atoms with Crippen molar-refractivity contribution in [2.75, 3.05) is 17.7 Å². The molecular formula is C22H27NO3S. The number of benzene rings is 2.